The number of nitro groups is 1. The molecule has 120 valence electrons. The molecule has 1 aromatic heterocycles. The molecule has 0 bridgehead atoms. The Morgan fingerprint density at radius 1 is 1.17 bits per heavy atom. The fourth-order valence-electron chi connectivity index (χ4n) is 2.12. The van der Waals surface area contributed by atoms with Crippen molar-refractivity contribution in [1.82, 2.24) is 0 Å². The minimum atomic E-state index is -0.733. The highest BCUT2D eigenvalue weighted by Gasteiger charge is 2.12. The van der Waals surface area contributed by atoms with Gasteiger partial charge in [-0.25, -0.2) is 4.99 Å². The van der Waals surface area contributed by atoms with E-state index in [1.54, 1.807) is 24.3 Å². The third-order valence-corrected chi connectivity index (χ3v) is 3.79. The van der Waals surface area contributed by atoms with Crippen LogP contribution >= 0.6 is 15.9 Å². The largest absolute Gasteiger partial charge is 0.438 e. The molecule has 7 nitrogen and oxygen atoms in total. The van der Waals surface area contributed by atoms with Gasteiger partial charge in [-0.3, -0.25) is 14.9 Å². The average Bonchev–Trinajstić information content (AvgIpc) is 2.55. The van der Waals surface area contributed by atoms with E-state index in [1.165, 1.54) is 24.3 Å². The molecule has 0 radical (unpaired) electrons. The molecule has 1 heterocycles. The first-order valence-corrected chi connectivity index (χ1v) is 7.56. The highest BCUT2D eigenvalue weighted by atomic mass is 79.9. The zero-order valence-electron chi connectivity index (χ0n) is 12.1. The van der Waals surface area contributed by atoms with Crippen LogP contribution in [0, 0.1) is 10.1 Å². The lowest BCUT2D eigenvalue weighted by atomic mass is 10.1. The molecule has 0 atom stereocenters. The standard InChI is InChI=1S/C16H10BrN3O4/c17-10-1-3-11(4-2-10)19-16-13(15(18)21)8-9-7-12(20(22)23)5-6-14(9)24-16/h1-8H,(H2,18,21). The highest BCUT2D eigenvalue weighted by Crippen LogP contribution is 2.21. The quantitative estimate of drug-likeness (QED) is 0.547. The molecule has 0 saturated carbocycles. The Hall–Kier alpha value is -3.00. The second-order valence-electron chi connectivity index (χ2n) is 4.90. The van der Waals surface area contributed by atoms with Crippen LogP contribution in [0.1, 0.15) is 10.4 Å². The van der Waals surface area contributed by atoms with E-state index in [2.05, 4.69) is 20.9 Å². The molecule has 8 heteroatoms. The molecule has 0 saturated heterocycles. The first-order valence-electron chi connectivity index (χ1n) is 6.76. The lowest BCUT2D eigenvalue weighted by Gasteiger charge is -2.02. The topological polar surface area (TPSA) is 112 Å². The number of primary amides is 1. The average molecular weight is 388 g/mol. The molecule has 0 fully saturated rings. The summed E-state index contributed by atoms with van der Waals surface area (Å²) in [5.41, 5.74) is 6.31. The van der Waals surface area contributed by atoms with Crippen LogP contribution in [0.3, 0.4) is 0 Å². The van der Waals surface area contributed by atoms with Gasteiger partial charge in [0, 0.05) is 22.0 Å². The van der Waals surface area contributed by atoms with Crippen molar-refractivity contribution in [3.63, 3.8) is 0 Å². The van der Waals surface area contributed by atoms with Gasteiger partial charge in [0.1, 0.15) is 11.1 Å². The van der Waals surface area contributed by atoms with Crippen molar-refractivity contribution in [2.75, 3.05) is 0 Å². The van der Waals surface area contributed by atoms with Crippen LogP contribution in [0.2, 0.25) is 0 Å². The third kappa shape index (κ3) is 3.18. The molecule has 0 aliphatic heterocycles. The number of hydrogen-bond donors (Lipinski definition) is 1. The summed E-state index contributed by atoms with van der Waals surface area (Å²) in [5.74, 6) is -0.733. The van der Waals surface area contributed by atoms with E-state index in [9.17, 15) is 14.9 Å². The Kier molecular flexibility index (Phi) is 4.13. The summed E-state index contributed by atoms with van der Waals surface area (Å²) in [6.07, 6.45) is 0. The summed E-state index contributed by atoms with van der Waals surface area (Å²) < 4.78 is 6.51. The summed E-state index contributed by atoms with van der Waals surface area (Å²) in [7, 11) is 0. The van der Waals surface area contributed by atoms with Crippen molar-refractivity contribution in [3.8, 4) is 0 Å². The van der Waals surface area contributed by atoms with Crippen LogP contribution in [0.25, 0.3) is 11.0 Å². The molecule has 2 N–H and O–H groups in total. The number of non-ortho nitro benzene ring substituents is 1. The van der Waals surface area contributed by atoms with E-state index in [1.807, 2.05) is 0 Å². The second kappa shape index (κ2) is 6.25. The summed E-state index contributed by atoms with van der Waals surface area (Å²) in [6.45, 7) is 0. The highest BCUT2D eigenvalue weighted by molar-refractivity contribution is 9.10. The lowest BCUT2D eigenvalue weighted by Crippen LogP contribution is -2.21. The van der Waals surface area contributed by atoms with Crippen LogP contribution in [-0.2, 0) is 0 Å². The molecule has 2 aromatic carbocycles. The molecule has 0 aliphatic carbocycles. The van der Waals surface area contributed by atoms with Gasteiger partial charge >= 0.3 is 0 Å². The number of nitro benzene ring substituents is 1. The van der Waals surface area contributed by atoms with Crippen LogP contribution in [-0.4, -0.2) is 10.8 Å². The summed E-state index contributed by atoms with van der Waals surface area (Å²) in [5, 5.41) is 11.3. The van der Waals surface area contributed by atoms with E-state index in [-0.39, 0.29) is 16.8 Å². The van der Waals surface area contributed by atoms with Crippen molar-refractivity contribution in [1.29, 1.82) is 0 Å². The summed E-state index contributed by atoms with van der Waals surface area (Å²) in [4.78, 5) is 26.3. The Morgan fingerprint density at radius 3 is 2.50 bits per heavy atom. The van der Waals surface area contributed by atoms with Crippen LogP contribution in [0.5, 0.6) is 0 Å². The fraction of sp³-hybridized carbons (Fsp3) is 0. The Labute approximate surface area is 143 Å². The first kappa shape index (κ1) is 15.9. The van der Waals surface area contributed by atoms with Crippen molar-refractivity contribution in [2.45, 2.75) is 0 Å². The number of fused-ring (bicyclic) bond motifs is 1. The zero-order chi connectivity index (χ0) is 17.3. The third-order valence-electron chi connectivity index (χ3n) is 3.26. The molecule has 0 aliphatic rings. The Balaban J connectivity index is 2.25. The lowest BCUT2D eigenvalue weighted by molar-refractivity contribution is -0.384. The Bertz CT molecular complexity index is 1030. The van der Waals surface area contributed by atoms with Gasteiger partial charge < -0.3 is 10.2 Å². The molecule has 3 aromatic rings. The van der Waals surface area contributed by atoms with E-state index in [0.29, 0.717) is 16.7 Å². The first-order chi connectivity index (χ1) is 11.4. The number of nitrogens with zero attached hydrogens (tertiary/aromatic N) is 2. The van der Waals surface area contributed by atoms with Gasteiger partial charge in [0.05, 0.1) is 10.6 Å². The number of halogens is 1. The summed E-state index contributed by atoms with van der Waals surface area (Å²) >= 11 is 3.33. The van der Waals surface area contributed by atoms with Gasteiger partial charge in [-0.05, 0) is 36.4 Å². The van der Waals surface area contributed by atoms with E-state index < -0.39 is 10.8 Å². The predicted molar refractivity (Wildman–Crippen MR) is 90.8 cm³/mol. The van der Waals surface area contributed by atoms with E-state index >= 15 is 0 Å². The number of rotatable bonds is 3. The molecule has 24 heavy (non-hydrogen) atoms. The van der Waals surface area contributed by atoms with Gasteiger partial charge in [-0.2, -0.15) is 0 Å². The van der Waals surface area contributed by atoms with Crippen molar-refractivity contribution >= 4 is 44.2 Å². The van der Waals surface area contributed by atoms with Crippen LogP contribution in [0.4, 0.5) is 11.4 Å². The van der Waals surface area contributed by atoms with Gasteiger partial charge in [0.2, 0.25) is 5.55 Å². The molecule has 1 amide bonds. The van der Waals surface area contributed by atoms with Crippen molar-refractivity contribution < 1.29 is 14.1 Å². The molecule has 0 spiro atoms. The molecule has 0 unspecified atom stereocenters. The number of carbonyl (C=O) groups is 1. The maximum atomic E-state index is 11.7. The minimum absolute atomic E-state index is 0.0471. The molecular weight excluding hydrogens is 378 g/mol. The number of carbonyl (C=O) groups excluding carboxylic acids is 1. The molecule has 3 rings (SSSR count). The van der Waals surface area contributed by atoms with Crippen LogP contribution in [0.15, 0.2) is 62.4 Å². The normalized spacial score (nSPS) is 11.6. The second-order valence-corrected chi connectivity index (χ2v) is 5.81. The van der Waals surface area contributed by atoms with Gasteiger partial charge in [-0.1, -0.05) is 15.9 Å². The number of nitrogens with two attached hydrogens (primary N) is 1. The van der Waals surface area contributed by atoms with Gasteiger partial charge in [0.15, 0.2) is 0 Å². The van der Waals surface area contributed by atoms with Crippen molar-refractivity contribution in [2.24, 2.45) is 10.7 Å². The number of amides is 1. The summed E-state index contributed by atoms with van der Waals surface area (Å²) in [6, 6.07) is 12.6. The van der Waals surface area contributed by atoms with Gasteiger partial charge in [0.25, 0.3) is 11.6 Å². The monoisotopic (exact) mass is 387 g/mol. The number of hydrogen-bond acceptors (Lipinski definition) is 5. The maximum Gasteiger partial charge on any atom is 0.270 e. The zero-order valence-corrected chi connectivity index (χ0v) is 13.7. The number of benzene rings is 2. The SMILES string of the molecule is NC(=O)c1cc2cc([N+](=O)[O-])ccc2oc1=Nc1ccc(Br)cc1. The van der Waals surface area contributed by atoms with Crippen molar-refractivity contribution in [3.05, 3.63) is 74.2 Å². The van der Waals surface area contributed by atoms with E-state index in [4.69, 9.17) is 10.2 Å². The Morgan fingerprint density at radius 2 is 1.88 bits per heavy atom. The van der Waals surface area contributed by atoms with E-state index in [0.717, 1.165) is 4.47 Å². The van der Waals surface area contributed by atoms with Gasteiger partial charge in [-0.15, -0.1) is 0 Å². The predicted octanol–water partition coefficient (Wildman–Crippen LogP) is 3.43. The molecular formula is C16H10BrN3O4. The smallest absolute Gasteiger partial charge is 0.270 e. The van der Waals surface area contributed by atoms with Crippen LogP contribution < -0.4 is 11.3 Å². The fourth-order valence-corrected chi connectivity index (χ4v) is 2.39. The minimum Gasteiger partial charge on any atom is -0.438 e. The maximum absolute atomic E-state index is 11.7.